The molecule has 1 fully saturated rings. The molecule has 3 rings (SSSR count). The normalized spacial score (nSPS) is 15.1. The first-order chi connectivity index (χ1) is 14.2. The summed E-state index contributed by atoms with van der Waals surface area (Å²) in [5.41, 5.74) is 0.872. The Morgan fingerprint density at radius 2 is 2.07 bits per heavy atom. The van der Waals surface area contributed by atoms with Crippen LogP contribution in [0, 0.1) is 6.92 Å². The summed E-state index contributed by atoms with van der Waals surface area (Å²) in [6.45, 7) is 8.49. The molecule has 1 N–H and O–H groups in total. The van der Waals surface area contributed by atoms with Gasteiger partial charge in [0.15, 0.2) is 0 Å². The zero-order valence-corrected chi connectivity index (χ0v) is 18.6. The molecular weight excluding hydrogens is 404 g/mol. The number of thioether (sulfide) groups is 1. The molecule has 1 aliphatic rings. The average Bonchev–Trinajstić information content (AvgIpc) is 3.10. The third-order valence-corrected chi connectivity index (χ3v) is 5.58. The van der Waals surface area contributed by atoms with E-state index >= 15 is 0 Å². The number of carbonyl (C=O) groups excluding carboxylic acids is 2. The van der Waals surface area contributed by atoms with Crippen molar-refractivity contribution in [2.45, 2.75) is 63.0 Å². The van der Waals surface area contributed by atoms with Crippen LogP contribution >= 0.6 is 11.8 Å². The maximum atomic E-state index is 13.1. The quantitative estimate of drug-likeness (QED) is 0.718. The summed E-state index contributed by atoms with van der Waals surface area (Å²) < 4.78 is 10.4. The molecule has 30 heavy (non-hydrogen) atoms. The lowest BCUT2D eigenvalue weighted by Crippen LogP contribution is -2.47. The van der Waals surface area contributed by atoms with Crippen molar-refractivity contribution in [3.05, 3.63) is 41.4 Å². The number of aromatic nitrogens is 2. The highest BCUT2D eigenvalue weighted by Crippen LogP contribution is 2.26. The maximum Gasteiger partial charge on any atom is 0.407 e. The minimum Gasteiger partial charge on any atom is -0.444 e. The second-order valence-corrected chi connectivity index (χ2v) is 9.25. The van der Waals surface area contributed by atoms with Gasteiger partial charge in [-0.1, -0.05) is 16.9 Å². The van der Waals surface area contributed by atoms with Crippen molar-refractivity contribution >= 4 is 23.8 Å². The highest BCUT2D eigenvalue weighted by atomic mass is 32.2. The lowest BCUT2D eigenvalue weighted by Gasteiger charge is -2.33. The molecule has 8 nitrogen and oxygen atoms in total. The summed E-state index contributed by atoms with van der Waals surface area (Å²) in [4.78, 5) is 31.2. The highest BCUT2D eigenvalue weighted by molar-refractivity contribution is 7.98. The van der Waals surface area contributed by atoms with E-state index in [4.69, 9.17) is 9.26 Å². The van der Waals surface area contributed by atoms with Crippen LogP contribution < -0.4 is 5.32 Å². The van der Waals surface area contributed by atoms with Crippen molar-refractivity contribution < 1.29 is 18.8 Å². The molecule has 2 aromatic heterocycles. The van der Waals surface area contributed by atoms with Gasteiger partial charge in [-0.25, -0.2) is 9.78 Å². The molecule has 162 valence electrons. The SMILES string of the molecule is Cc1cc(CSc2ncccc2C(=O)N2CCC(NC(=O)OC(C)(C)C)CC2)no1. The number of hydrogen-bond acceptors (Lipinski definition) is 7. The second-order valence-electron chi connectivity index (χ2n) is 8.29. The number of piperidine rings is 1. The lowest BCUT2D eigenvalue weighted by atomic mass is 10.0. The fraction of sp³-hybridized carbons (Fsp3) is 0.524. The number of hydrogen-bond donors (Lipinski definition) is 1. The minimum absolute atomic E-state index is 0.00190. The number of nitrogens with one attached hydrogen (secondary N) is 1. The summed E-state index contributed by atoms with van der Waals surface area (Å²) in [6, 6.07) is 5.45. The van der Waals surface area contributed by atoms with E-state index in [2.05, 4.69) is 15.5 Å². The van der Waals surface area contributed by atoms with Crippen LogP contribution in [0.5, 0.6) is 0 Å². The monoisotopic (exact) mass is 432 g/mol. The Bertz CT molecular complexity index is 885. The van der Waals surface area contributed by atoms with Crippen molar-refractivity contribution in [2.24, 2.45) is 0 Å². The van der Waals surface area contributed by atoms with Gasteiger partial charge in [0.05, 0.1) is 11.3 Å². The molecule has 0 spiro atoms. The fourth-order valence-corrected chi connectivity index (χ4v) is 4.04. The van der Waals surface area contributed by atoms with Gasteiger partial charge in [0.2, 0.25) is 0 Å². The number of carbonyl (C=O) groups is 2. The fourth-order valence-electron chi connectivity index (χ4n) is 3.17. The molecule has 1 saturated heterocycles. The standard InChI is InChI=1S/C21H28N4O4S/c1-14-12-16(24-29-14)13-30-18-17(6-5-9-22-18)19(26)25-10-7-15(8-11-25)23-20(27)28-21(2,3)4/h5-6,9,12,15H,7-8,10-11,13H2,1-4H3,(H,23,27). The smallest absolute Gasteiger partial charge is 0.407 e. The predicted molar refractivity (Wildman–Crippen MR) is 113 cm³/mol. The summed E-state index contributed by atoms with van der Waals surface area (Å²) in [5.74, 6) is 1.29. The van der Waals surface area contributed by atoms with Gasteiger partial charge < -0.3 is 19.5 Å². The molecule has 1 aliphatic heterocycles. The highest BCUT2D eigenvalue weighted by Gasteiger charge is 2.27. The van der Waals surface area contributed by atoms with Crippen LogP contribution in [0.3, 0.4) is 0 Å². The Hall–Kier alpha value is -2.55. The van der Waals surface area contributed by atoms with Crippen molar-refractivity contribution in [1.82, 2.24) is 20.4 Å². The van der Waals surface area contributed by atoms with E-state index in [-0.39, 0.29) is 11.9 Å². The van der Waals surface area contributed by atoms with Crippen molar-refractivity contribution in [3.63, 3.8) is 0 Å². The Morgan fingerprint density at radius 3 is 2.70 bits per heavy atom. The first kappa shape index (κ1) is 22.1. The molecule has 0 unspecified atom stereocenters. The first-order valence-corrected chi connectivity index (χ1v) is 11.0. The Kier molecular flexibility index (Phi) is 7.02. The number of likely N-dealkylation sites (tertiary alicyclic amines) is 1. The van der Waals surface area contributed by atoms with Crippen molar-refractivity contribution in [2.75, 3.05) is 13.1 Å². The molecule has 2 aromatic rings. The largest absolute Gasteiger partial charge is 0.444 e. The summed E-state index contributed by atoms with van der Waals surface area (Å²) in [6.07, 6.45) is 2.64. The average molecular weight is 433 g/mol. The van der Waals surface area contributed by atoms with Gasteiger partial charge in [-0.3, -0.25) is 4.79 Å². The van der Waals surface area contributed by atoms with E-state index in [9.17, 15) is 9.59 Å². The third kappa shape index (κ3) is 6.22. The van der Waals surface area contributed by atoms with E-state index in [0.717, 1.165) is 11.5 Å². The van der Waals surface area contributed by atoms with E-state index in [1.54, 1.807) is 18.3 Å². The summed E-state index contributed by atoms with van der Waals surface area (Å²) >= 11 is 1.47. The van der Waals surface area contributed by atoms with Gasteiger partial charge in [0.1, 0.15) is 16.4 Å². The molecule has 0 aliphatic carbocycles. The number of aryl methyl sites for hydroxylation is 1. The van der Waals surface area contributed by atoms with Crippen LogP contribution in [0.1, 0.15) is 55.4 Å². The summed E-state index contributed by atoms with van der Waals surface area (Å²) in [7, 11) is 0. The van der Waals surface area contributed by atoms with E-state index in [1.807, 2.05) is 38.7 Å². The molecule has 0 atom stereocenters. The maximum absolute atomic E-state index is 13.1. The molecule has 0 bridgehead atoms. The Labute approximate surface area is 180 Å². The molecular formula is C21H28N4O4S. The molecule has 3 heterocycles. The Morgan fingerprint density at radius 1 is 1.33 bits per heavy atom. The lowest BCUT2D eigenvalue weighted by molar-refractivity contribution is 0.0473. The summed E-state index contributed by atoms with van der Waals surface area (Å²) in [5, 5.41) is 7.56. The second kappa shape index (κ2) is 9.51. The van der Waals surface area contributed by atoms with Crippen LogP contribution in [0.25, 0.3) is 0 Å². The van der Waals surface area contributed by atoms with E-state index < -0.39 is 11.7 Å². The predicted octanol–water partition coefficient (Wildman–Crippen LogP) is 3.80. The number of alkyl carbamates (subject to hydrolysis) is 1. The Balaban J connectivity index is 1.55. The van der Waals surface area contributed by atoms with Gasteiger partial charge in [0, 0.05) is 37.1 Å². The van der Waals surface area contributed by atoms with Gasteiger partial charge in [0.25, 0.3) is 5.91 Å². The zero-order valence-electron chi connectivity index (χ0n) is 17.8. The van der Waals surface area contributed by atoms with Gasteiger partial charge in [-0.05, 0) is 52.7 Å². The van der Waals surface area contributed by atoms with Crippen LogP contribution in [0.4, 0.5) is 4.79 Å². The van der Waals surface area contributed by atoms with Crippen molar-refractivity contribution in [1.29, 1.82) is 0 Å². The first-order valence-electron chi connectivity index (χ1n) is 10.00. The van der Waals surface area contributed by atoms with E-state index in [1.165, 1.54) is 11.8 Å². The van der Waals surface area contributed by atoms with Gasteiger partial charge >= 0.3 is 6.09 Å². The van der Waals surface area contributed by atoms with Crippen molar-refractivity contribution in [3.8, 4) is 0 Å². The topological polar surface area (TPSA) is 97.6 Å². The van der Waals surface area contributed by atoms with Crippen LogP contribution in [0.2, 0.25) is 0 Å². The number of pyridine rings is 1. The van der Waals surface area contributed by atoms with Gasteiger partial charge in [-0.15, -0.1) is 0 Å². The van der Waals surface area contributed by atoms with Crippen LogP contribution in [-0.4, -0.2) is 51.8 Å². The minimum atomic E-state index is -0.528. The number of rotatable bonds is 5. The van der Waals surface area contributed by atoms with Crippen LogP contribution in [0.15, 0.2) is 33.9 Å². The van der Waals surface area contributed by atoms with Crippen LogP contribution in [-0.2, 0) is 10.5 Å². The van der Waals surface area contributed by atoms with Gasteiger partial charge in [-0.2, -0.15) is 0 Å². The number of amides is 2. The third-order valence-electron chi connectivity index (χ3n) is 4.54. The molecule has 0 aromatic carbocycles. The molecule has 2 amide bonds. The number of nitrogens with zero attached hydrogens (tertiary/aromatic N) is 3. The molecule has 0 saturated carbocycles. The molecule has 9 heteroatoms. The van der Waals surface area contributed by atoms with E-state index in [0.29, 0.717) is 42.3 Å². The number of ether oxygens (including phenoxy) is 1. The molecule has 0 radical (unpaired) electrons. The zero-order chi connectivity index (χ0) is 21.7.